The molecule has 38 heavy (non-hydrogen) atoms. The number of carbonyl (C=O) groups is 1. The van der Waals surface area contributed by atoms with Gasteiger partial charge in [0.25, 0.3) is 0 Å². The molecule has 8 heteroatoms. The lowest BCUT2D eigenvalue weighted by atomic mass is 10.00. The third-order valence-electron chi connectivity index (χ3n) is 7.72. The van der Waals surface area contributed by atoms with Crippen LogP contribution in [0.4, 0.5) is 4.79 Å². The van der Waals surface area contributed by atoms with Gasteiger partial charge in [0.2, 0.25) is 0 Å². The number of ether oxygens (including phenoxy) is 1. The highest BCUT2D eigenvalue weighted by Crippen LogP contribution is 2.32. The van der Waals surface area contributed by atoms with Crippen molar-refractivity contribution >= 4 is 28.9 Å². The summed E-state index contributed by atoms with van der Waals surface area (Å²) in [5, 5.41) is 5.15. The first-order valence-corrected chi connectivity index (χ1v) is 14.2. The largest absolute Gasteiger partial charge is 0.415 e. The van der Waals surface area contributed by atoms with Gasteiger partial charge in [-0.1, -0.05) is 18.5 Å². The quantitative estimate of drug-likeness (QED) is 0.359. The van der Waals surface area contributed by atoms with Crippen molar-refractivity contribution in [3.63, 3.8) is 0 Å². The second-order valence-electron chi connectivity index (χ2n) is 11.6. The number of nitrogens with zero attached hydrogens (tertiary/aromatic N) is 5. The number of rotatable bonds is 6. The van der Waals surface area contributed by atoms with Gasteiger partial charge in [-0.2, -0.15) is 0 Å². The van der Waals surface area contributed by atoms with Crippen LogP contribution in [0.2, 0.25) is 0 Å². The van der Waals surface area contributed by atoms with Gasteiger partial charge in [0.15, 0.2) is 0 Å². The Morgan fingerprint density at radius 2 is 1.89 bits per heavy atom. The number of pyridine rings is 1. The SMILES string of the molecule is CCC1=NCc2cc3c(CC=NOC(C)(C)C)c(OC(=O)N4CCC(N5CCCCC5)CC4)ccc3nc21. The number of hydrogen-bond donors (Lipinski definition) is 0. The highest BCUT2D eigenvalue weighted by molar-refractivity contribution is 6.04. The minimum Gasteiger partial charge on any atom is -0.410 e. The zero-order valence-corrected chi connectivity index (χ0v) is 23.3. The summed E-state index contributed by atoms with van der Waals surface area (Å²) in [6.07, 6.45) is 8.72. The molecular weight excluding hydrogens is 478 g/mol. The van der Waals surface area contributed by atoms with Crippen LogP contribution in [0.15, 0.2) is 28.3 Å². The third kappa shape index (κ3) is 6.01. The molecule has 0 atom stereocenters. The van der Waals surface area contributed by atoms with Crippen LogP contribution in [0.1, 0.15) is 83.0 Å². The van der Waals surface area contributed by atoms with Gasteiger partial charge in [-0.3, -0.25) is 4.99 Å². The first kappa shape index (κ1) is 26.6. The van der Waals surface area contributed by atoms with Crippen LogP contribution in [-0.4, -0.2) is 70.6 Å². The van der Waals surface area contributed by atoms with Crippen molar-refractivity contribution in [3.8, 4) is 5.75 Å². The smallest absolute Gasteiger partial charge is 0.410 e. The Hall–Kier alpha value is -3.00. The van der Waals surface area contributed by atoms with Gasteiger partial charge in [0.1, 0.15) is 11.4 Å². The molecule has 0 spiro atoms. The zero-order chi connectivity index (χ0) is 26.7. The van der Waals surface area contributed by atoms with E-state index in [-0.39, 0.29) is 11.7 Å². The van der Waals surface area contributed by atoms with E-state index < -0.39 is 0 Å². The minimum atomic E-state index is -0.374. The van der Waals surface area contributed by atoms with E-state index in [1.54, 1.807) is 6.21 Å². The van der Waals surface area contributed by atoms with Gasteiger partial charge in [-0.25, -0.2) is 9.78 Å². The summed E-state index contributed by atoms with van der Waals surface area (Å²) in [4.78, 5) is 32.9. The van der Waals surface area contributed by atoms with E-state index in [2.05, 4.69) is 28.0 Å². The molecule has 1 aromatic carbocycles. The van der Waals surface area contributed by atoms with Crippen LogP contribution in [0.5, 0.6) is 5.75 Å². The van der Waals surface area contributed by atoms with Crippen LogP contribution in [0.25, 0.3) is 10.9 Å². The van der Waals surface area contributed by atoms with Gasteiger partial charge in [0, 0.05) is 48.3 Å². The molecule has 0 radical (unpaired) electrons. The first-order chi connectivity index (χ1) is 18.3. The molecule has 0 saturated carbocycles. The predicted octanol–water partition coefficient (Wildman–Crippen LogP) is 5.74. The summed E-state index contributed by atoms with van der Waals surface area (Å²) in [6, 6.07) is 6.54. The number of aliphatic imine (C=N–C) groups is 1. The van der Waals surface area contributed by atoms with Crippen molar-refractivity contribution in [2.24, 2.45) is 10.1 Å². The fourth-order valence-electron chi connectivity index (χ4n) is 5.72. The summed E-state index contributed by atoms with van der Waals surface area (Å²) < 4.78 is 6.05. The molecule has 204 valence electrons. The van der Waals surface area contributed by atoms with E-state index in [0.717, 1.165) is 65.8 Å². The molecule has 8 nitrogen and oxygen atoms in total. The summed E-state index contributed by atoms with van der Waals surface area (Å²) in [5.74, 6) is 0.555. The molecule has 2 saturated heterocycles. The molecule has 0 bridgehead atoms. The Balaban J connectivity index is 1.35. The molecule has 4 heterocycles. The van der Waals surface area contributed by atoms with E-state index in [0.29, 0.717) is 24.8 Å². The molecule has 0 N–H and O–H groups in total. The molecule has 0 unspecified atom stereocenters. The lowest BCUT2D eigenvalue weighted by molar-refractivity contribution is 0.00165. The Labute approximate surface area is 226 Å². The molecule has 2 fully saturated rings. The van der Waals surface area contributed by atoms with Gasteiger partial charge >= 0.3 is 6.09 Å². The van der Waals surface area contributed by atoms with E-state index in [1.165, 1.54) is 32.4 Å². The maximum absolute atomic E-state index is 13.3. The van der Waals surface area contributed by atoms with Gasteiger partial charge in [-0.05, 0) is 84.2 Å². The Bertz CT molecular complexity index is 1220. The predicted molar refractivity (Wildman–Crippen MR) is 151 cm³/mol. The second-order valence-corrected chi connectivity index (χ2v) is 11.6. The van der Waals surface area contributed by atoms with Crippen LogP contribution < -0.4 is 4.74 Å². The molecule has 5 rings (SSSR count). The number of piperidine rings is 2. The van der Waals surface area contributed by atoms with Crippen molar-refractivity contribution < 1.29 is 14.4 Å². The topological polar surface area (TPSA) is 79.6 Å². The summed E-state index contributed by atoms with van der Waals surface area (Å²) in [6.45, 7) is 12.5. The summed E-state index contributed by atoms with van der Waals surface area (Å²) in [5.41, 5.74) is 4.53. The minimum absolute atomic E-state index is 0.281. The lowest BCUT2D eigenvalue weighted by Gasteiger charge is -2.39. The molecular formula is C30H41N5O3. The molecule has 3 aliphatic rings. The summed E-state index contributed by atoms with van der Waals surface area (Å²) in [7, 11) is 0. The standard InChI is InChI=1S/C30H41N5O3/c1-5-25-28-21(20-31-25)19-24-23(11-14-32-38-30(2,3)4)27(10-9-26(24)33-28)37-29(36)35-17-12-22(13-18-35)34-15-7-6-8-16-34/h9-10,14,19,22H,5-8,11-13,15-18,20H2,1-4H3. The van der Waals surface area contributed by atoms with Crippen molar-refractivity contribution in [1.82, 2.24) is 14.8 Å². The Morgan fingerprint density at radius 3 is 2.61 bits per heavy atom. The fraction of sp³-hybridized carbons (Fsp3) is 0.600. The van der Waals surface area contributed by atoms with Gasteiger partial charge in [-0.15, -0.1) is 0 Å². The molecule has 0 aliphatic carbocycles. The number of fused-ring (bicyclic) bond motifs is 2. The second kappa shape index (κ2) is 11.4. The lowest BCUT2D eigenvalue weighted by Crippen LogP contribution is -2.48. The zero-order valence-electron chi connectivity index (χ0n) is 23.3. The maximum atomic E-state index is 13.3. The van der Waals surface area contributed by atoms with Gasteiger partial charge < -0.3 is 19.4 Å². The average Bonchev–Trinajstić information content (AvgIpc) is 3.32. The average molecular weight is 520 g/mol. The molecule has 1 amide bonds. The van der Waals surface area contributed by atoms with Gasteiger partial charge in [0.05, 0.1) is 23.5 Å². The monoisotopic (exact) mass is 519 g/mol. The number of oxime groups is 1. The van der Waals surface area contributed by atoms with Crippen LogP contribution in [0.3, 0.4) is 0 Å². The van der Waals surface area contributed by atoms with Crippen LogP contribution in [-0.2, 0) is 17.8 Å². The summed E-state index contributed by atoms with van der Waals surface area (Å²) >= 11 is 0. The number of carbonyl (C=O) groups excluding carboxylic acids is 1. The van der Waals surface area contributed by atoms with Crippen molar-refractivity contribution in [3.05, 3.63) is 35.0 Å². The number of aromatic nitrogens is 1. The maximum Gasteiger partial charge on any atom is 0.415 e. The third-order valence-corrected chi connectivity index (χ3v) is 7.72. The Kier molecular flexibility index (Phi) is 7.98. The van der Waals surface area contributed by atoms with Crippen molar-refractivity contribution in [2.45, 2.75) is 90.8 Å². The highest BCUT2D eigenvalue weighted by Gasteiger charge is 2.29. The fourth-order valence-corrected chi connectivity index (χ4v) is 5.72. The van der Waals surface area contributed by atoms with E-state index in [4.69, 9.17) is 14.6 Å². The van der Waals surface area contributed by atoms with E-state index >= 15 is 0 Å². The van der Waals surface area contributed by atoms with Crippen LogP contribution >= 0.6 is 0 Å². The first-order valence-electron chi connectivity index (χ1n) is 14.2. The number of benzene rings is 1. The molecule has 3 aliphatic heterocycles. The number of amides is 1. The normalized spacial score (nSPS) is 19.2. The van der Waals surface area contributed by atoms with Crippen LogP contribution in [0, 0.1) is 0 Å². The highest BCUT2D eigenvalue weighted by atomic mass is 16.6. The van der Waals surface area contributed by atoms with Crippen molar-refractivity contribution in [2.75, 3.05) is 26.2 Å². The number of hydrogen-bond acceptors (Lipinski definition) is 7. The van der Waals surface area contributed by atoms with E-state index in [9.17, 15) is 4.79 Å². The number of likely N-dealkylation sites (tertiary alicyclic amines) is 2. The molecule has 1 aromatic heterocycles. The van der Waals surface area contributed by atoms with E-state index in [1.807, 2.05) is 37.8 Å². The molecule has 2 aromatic rings. The van der Waals surface area contributed by atoms with Crippen molar-refractivity contribution in [1.29, 1.82) is 0 Å². The Morgan fingerprint density at radius 1 is 1.13 bits per heavy atom.